The second-order valence-corrected chi connectivity index (χ2v) is 9.25. The van der Waals surface area contributed by atoms with Crippen molar-refractivity contribution < 1.29 is 14.4 Å². The first kappa shape index (κ1) is 19.3. The minimum atomic E-state index is -0.510. The van der Waals surface area contributed by atoms with Gasteiger partial charge in [0.2, 0.25) is 5.91 Å². The third kappa shape index (κ3) is 2.89. The van der Waals surface area contributed by atoms with Gasteiger partial charge >= 0.3 is 0 Å². The van der Waals surface area contributed by atoms with E-state index >= 15 is 0 Å². The Bertz CT molecular complexity index is 1160. The Kier molecular flexibility index (Phi) is 4.42. The molecule has 1 N–H and O–H groups in total. The number of fused-ring (bicyclic) bond motifs is 7. The van der Waals surface area contributed by atoms with Crippen LogP contribution in [0, 0.1) is 17.8 Å². The minimum absolute atomic E-state index is 0.0485. The van der Waals surface area contributed by atoms with E-state index in [-0.39, 0.29) is 30.7 Å². The van der Waals surface area contributed by atoms with Gasteiger partial charge in [-0.15, -0.1) is 0 Å². The van der Waals surface area contributed by atoms with E-state index in [1.54, 1.807) is 28.0 Å². The van der Waals surface area contributed by atoms with Crippen molar-refractivity contribution in [2.75, 3.05) is 18.0 Å². The molecule has 2 aliphatic carbocycles. The molecular weight excluding hydrogens is 402 g/mol. The highest BCUT2D eigenvalue weighted by Crippen LogP contribution is 2.45. The summed E-state index contributed by atoms with van der Waals surface area (Å²) in [5, 5.41) is 3.08. The van der Waals surface area contributed by atoms with Crippen LogP contribution in [0.25, 0.3) is 0 Å². The first-order valence-corrected chi connectivity index (χ1v) is 11.4. The number of hydrogen-bond acceptors (Lipinski definition) is 3. The van der Waals surface area contributed by atoms with Gasteiger partial charge in [-0.1, -0.05) is 42.5 Å². The van der Waals surface area contributed by atoms with Crippen molar-refractivity contribution in [2.45, 2.75) is 25.4 Å². The number of para-hydroxylation sites is 1. The first-order valence-electron chi connectivity index (χ1n) is 11.4. The first-order chi connectivity index (χ1) is 15.6. The summed E-state index contributed by atoms with van der Waals surface area (Å²) >= 11 is 0. The number of benzene rings is 2. The van der Waals surface area contributed by atoms with Crippen LogP contribution in [0.3, 0.4) is 0 Å². The molecule has 6 rings (SSSR count). The van der Waals surface area contributed by atoms with Crippen molar-refractivity contribution in [3.05, 3.63) is 77.4 Å². The second-order valence-electron chi connectivity index (χ2n) is 9.25. The Balaban J connectivity index is 1.21. The highest BCUT2D eigenvalue weighted by Gasteiger charge is 2.47. The fourth-order valence-corrected chi connectivity index (χ4v) is 5.88. The molecule has 32 heavy (non-hydrogen) atoms. The topological polar surface area (TPSA) is 69.7 Å². The Labute approximate surface area is 186 Å². The van der Waals surface area contributed by atoms with E-state index in [1.165, 1.54) is 6.42 Å². The number of carbonyl (C=O) groups excluding carboxylic acids is 3. The van der Waals surface area contributed by atoms with Crippen molar-refractivity contribution in [2.24, 2.45) is 17.8 Å². The van der Waals surface area contributed by atoms with E-state index in [9.17, 15) is 14.4 Å². The van der Waals surface area contributed by atoms with Crippen LogP contribution >= 0.6 is 0 Å². The molecule has 6 heteroatoms. The maximum absolute atomic E-state index is 13.4. The largest absolute Gasteiger partial charge is 0.356 e. The van der Waals surface area contributed by atoms with E-state index in [1.807, 2.05) is 30.3 Å². The van der Waals surface area contributed by atoms with E-state index in [4.69, 9.17) is 0 Å². The average Bonchev–Trinajstić information content (AvgIpc) is 3.52. The summed E-state index contributed by atoms with van der Waals surface area (Å²) in [5.41, 5.74) is 2.56. The summed E-state index contributed by atoms with van der Waals surface area (Å²) in [6.07, 6.45) is 6.66. The molecule has 2 heterocycles. The van der Waals surface area contributed by atoms with Crippen LogP contribution in [0.2, 0.25) is 0 Å². The smallest absolute Gasteiger partial charge is 0.260 e. The third-order valence-corrected chi connectivity index (χ3v) is 7.44. The van der Waals surface area contributed by atoms with Crippen LogP contribution < -0.4 is 10.2 Å². The van der Waals surface area contributed by atoms with Crippen molar-refractivity contribution in [1.82, 2.24) is 10.2 Å². The van der Waals surface area contributed by atoms with Crippen LogP contribution in [0.5, 0.6) is 0 Å². The van der Waals surface area contributed by atoms with Gasteiger partial charge in [-0.3, -0.25) is 19.3 Å². The van der Waals surface area contributed by atoms with Gasteiger partial charge in [0.25, 0.3) is 11.8 Å². The van der Waals surface area contributed by atoms with Gasteiger partial charge in [0, 0.05) is 30.6 Å². The number of hydrogen-bond donors (Lipinski definition) is 1. The number of anilines is 1. The lowest BCUT2D eigenvalue weighted by molar-refractivity contribution is -0.121. The number of amides is 3. The molecule has 2 bridgehead atoms. The highest BCUT2D eigenvalue weighted by molar-refractivity contribution is 6.16. The number of rotatable bonds is 5. The van der Waals surface area contributed by atoms with Crippen LogP contribution in [0.1, 0.15) is 51.7 Å². The summed E-state index contributed by atoms with van der Waals surface area (Å²) < 4.78 is 0. The molecule has 1 saturated carbocycles. The van der Waals surface area contributed by atoms with E-state index in [0.717, 1.165) is 12.0 Å². The third-order valence-electron chi connectivity index (χ3n) is 7.44. The van der Waals surface area contributed by atoms with Gasteiger partial charge in [0.1, 0.15) is 6.17 Å². The zero-order valence-electron chi connectivity index (χ0n) is 17.7. The predicted octanol–water partition coefficient (Wildman–Crippen LogP) is 3.52. The monoisotopic (exact) mass is 427 g/mol. The lowest BCUT2D eigenvalue weighted by atomic mass is 9.93. The van der Waals surface area contributed by atoms with Crippen molar-refractivity contribution >= 4 is 23.4 Å². The van der Waals surface area contributed by atoms with E-state index in [0.29, 0.717) is 41.1 Å². The SMILES string of the molecule is O=C(CCN1C(=O)c2ccccc2N2C(=O)c3ccccc3[C@H]12)NC[C@H]1C[C@H]2C=C[C@H]1C2. The minimum Gasteiger partial charge on any atom is -0.356 e. The lowest BCUT2D eigenvalue weighted by Gasteiger charge is -2.40. The molecule has 6 nitrogen and oxygen atoms in total. The molecule has 0 saturated heterocycles. The summed E-state index contributed by atoms with van der Waals surface area (Å²) in [4.78, 5) is 42.6. The maximum atomic E-state index is 13.4. The summed E-state index contributed by atoms with van der Waals surface area (Å²) in [6.45, 7) is 0.955. The second kappa shape index (κ2) is 7.33. The summed E-state index contributed by atoms with van der Waals surface area (Å²) in [6, 6.07) is 14.6. The molecule has 2 aromatic rings. The molecule has 0 aromatic heterocycles. The molecule has 0 unspecified atom stereocenters. The molecule has 4 aliphatic rings. The lowest BCUT2D eigenvalue weighted by Crippen LogP contribution is -2.49. The molecule has 0 radical (unpaired) electrons. The molecular formula is C26H25N3O3. The summed E-state index contributed by atoms with van der Waals surface area (Å²) in [5.74, 6) is 1.50. The molecule has 2 aliphatic heterocycles. The van der Waals surface area contributed by atoms with E-state index < -0.39 is 6.17 Å². The van der Waals surface area contributed by atoms with Crippen LogP contribution in [0.4, 0.5) is 5.69 Å². The molecule has 4 atom stereocenters. The zero-order chi connectivity index (χ0) is 21.8. The normalized spacial score (nSPS) is 26.9. The molecule has 162 valence electrons. The Morgan fingerprint density at radius 1 is 0.938 bits per heavy atom. The quantitative estimate of drug-likeness (QED) is 0.743. The molecule has 1 fully saturated rings. The van der Waals surface area contributed by atoms with Gasteiger partial charge in [-0.25, -0.2) is 0 Å². The number of allylic oxidation sites excluding steroid dienone is 2. The highest BCUT2D eigenvalue weighted by atomic mass is 16.2. The van der Waals surface area contributed by atoms with Gasteiger partial charge in [0.15, 0.2) is 0 Å². The average molecular weight is 428 g/mol. The van der Waals surface area contributed by atoms with Crippen LogP contribution in [0.15, 0.2) is 60.7 Å². The molecule has 2 aromatic carbocycles. The number of nitrogens with one attached hydrogen (secondary N) is 1. The Morgan fingerprint density at radius 2 is 1.72 bits per heavy atom. The van der Waals surface area contributed by atoms with Crippen molar-refractivity contribution in [3.8, 4) is 0 Å². The van der Waals surface area contributed by atoms with Gasteiger partial charge in [-0.2, -0.15) is 0 Å². The van der Waals surface area contributed by atoms with E-state index in [2.05, 4.69) is 17.5 Å². The number of nitrogens with zero attached hydrogens (tertiary/aromatic N) is 2. The maximum Gasteiger partial charge on any atom is 0.260 e. The van der Waals surface area contributed by atoms with Crippen LogP contribution in [-0.2, 0) is 4.79 Å². The molecule has 3 amide bonds. The van der Waals surface area contributed by atoms with Gasteiger partial charge < -0.3 is 10.2 Å². The standard InChI is InChI=1S/C26H25N3O3/c30-23(27-15-18-14-16-9-10-17(18)13-16)11-12-28-24-19-5-1-2-6-20(19)26(32)29(24)22-8-4-3-7-21(22)25(28)31/h1-10,16-18,24H,11-15H2,(H,27,30)/t16-,17-,18+,24+/m0/s1. The van der Waals surface area contributed by atoms with Crippen molar-refractivity contribution in [1.29, 1.82) is 0 Å². The number of carbonyl (C=O) groups is 3. The fraction of sp³-hybridized carbons (Fsp3) is 0.346. The van der Waals surface area contributed by atoms with Gasteiger partial charge in [-0.05, 0) is 48.8 Å². The van der Waals surface area contributed by atoms with Gasteiger partial charge in [0.05, 0.1) is 11.3 Å². The Morgan fingerprint density at radius 3 is 2.50 bits per heavy atom. The zero-order valence-corrected chi connectivity index (χ0v) is 17.7. The summed E-state index contributed by atoms with van der Waals surface area (Å²) in [7, 11) is 0. The van der Waals surface area contributed by atoms with Crippen LogP contribution in [-0.4, -0.2) is 35.7 Å². The predicted molar refractivity (Wildman–Crippen MR) is 120 cm³/mol. The van der Waals surface area contributed by atoms with Crippen molar-refractivity contribution in [3.63, 3.8) is 0 Å². The fourth-order valence-electron chi connectivity index (χ4n) is 5.88. The molecule has 0 spiro atoms. The Hall–Kier alpha value is -3.41.